The minimum atomic E-state index is -3.77. The molecule has 0 heterocycles. The maximum absolute atomic E-state index is 15.1. The quantitative estimate of drug-likeness (QED) is 0.372. The van der Waals surface area contributed by atoms with Crippen molar-refractivity contribution in [3.05, 3.63) is 33.8 Å². The zero-order chi connectivity index (χ0) is 19.1. The van der Waals surface area contributed by atoms with Gasteiger partial charge in [-0.25, -0.2) is 22.3 Å². The van der Waals surface area contributed by atoms with Crippen LogP contribution in [0.25, 0.3) is 0 Å². The Morgan fingerprint density at radius 1 is 1.00 bits per heavy atom. The van der Waals surface area contributed by atoms with Crippen molar-refractivity contribution in [3.63, 3.8) is 0 Å². The molecule has 0 aromatic heterocycles. The fourth-order valence-corrected chi connectivity index (χ4v) is 3.15. The highest BCUT2D eigenvalue weighted by molar-refractivity contribution is 9.10. The third-order valence-electron chi connectivity index (χ3n) is 3.51. The largest absolute Gasteiger partial charge is 0.384 e. The van der Waals surface area contributed by atoms with Crippen LogP contribution in [0.4, 0.5) is 17.6 Å². The number of hydrogen-bond acceptors (Lipinski definition) is 3. The zero-order valence-corrected chi connectivity index (χ0v) is 16.8. The number of benzene rings is 1. The lowest BCUT2D eigenvalue weighted by Gasteiger charge is -2.45. The second kappa shape index (κ2) is 6.78. The molecular formula is C16H22BrF4NOS. The third-order valence-corrected chi connectivity index (χ3v) is 5.24. The van der Waals surface area contributed by atoms with E-state index in [4.69, 9.17) is 0 Å². The average molecular weight is 432 g/mol. The number of hydrogen-bond donors (Lipinski definition) is 2. The Kier molecular flexibility index (Phi) is 6.14. The van der Waals surface area contributed by atoms with Gasteiger partial charge in [0, 0.05) is 16.4 Å². The second-order valence-corrected chi connectivity index (χ2v) is 9.81. The molecule has 0 saturated heterocycles. The number of aliphatic hydroxyl groups is 1. The summed E-state index contributed by atoms with van der Waals surface area (Å²) in [6.07, 6.45) is 0. The first-order valence-electron chi connectivity index (χ1n) is 7.23. The van der Waals surface area contributed by atoms with Crippen LogP contribution in [0.1, 0.15) is 47.1 Å². The standard InChI is InChI=1S/C16H22BrF4NOS/c1-13(2,3)24-22-15(6,16(20,21)14(4,5)23)9-7-10(17)12(19)8-11(9)18/h7-8,22-23H,1-6H3/t15-/m1/s1. The molecule has 0 saturated carbocycles. The fourth-order valence-electron chi connectivity index (χ4n) is 2.06. The van der Waals surface area contributed by atoms with Gasteiger partial charge in [-0.3, -0.25) is 0 Å². The monoisotopic (exact) mass is 431 g/mol. The van der Waals surface area contributed by atoms with E-state index in [1.807, 2.05) is 0 Å². The average Bonchev–Trinajstić information content (AvgIpc) is 2.38. The summed E-state index contributed by atoms with van der Waals surface area (Å²) < 4.78 is 60.0. The van der Waals surface area contributed by atoms with Gasteiger partial charge in [-0.2, -0.15) is 0 Å². The van der Waals surface area contributed by atoms with Crippen molar-refractivity contribution in [1.29, 1.82) is 0 Å². The Hall–Kier alpha value is -0.310. The van der Waals surface area contributed by atoms with E-state index in [-0.39, 0.29) is 4.47 Å². The van der Waals surface area contributed by atoms with Crippen molar-refractivity contribution in [2.75, 3.05) is 0 Å². The predicted octanol–water partition coefficient (Wildman–Crippen LogP) is 5.39. The lowest BCUT2D eigenvalue weighted by Crippen LogP contribution is -2.62. The summed E-state index contributed by atoms with van der Waals surface area (Å²) in [7, 11) is 0. The second-order valence-electron chi connectivity index (χ2n) is 7.32. The maximum atomic E-state index is 15.1. The van der Waals surface area contributed by atoms with Crippen molar-refractivity contribution in [3.8, 4) is 0 Å². The van der Waals surface area contributed by atoms with Crippen LogP contribution in [-0.4, -0.2) is 21.4 Å². The first-order valence-corrected chi connectivity index (χ1v) is 8.84. The highest BCUT2D eigenvalue weighted by Gasteiger charge is 2.61. The number of rotatable bonds is 5. The van der Waals surface area contributed by atoms with Gasteiger partial charge in [0.05, 0.1) is 4.47 Å². The lowest BCUT2D eigenvalue weighted by atomic mass is 9.78. The first-order chi connectivity index (χ1) is 10.5. The summed E-state index contributed by atoms with van der Waals surface area (Å²) in [5.74, 6) is -5.78. The molecule has 0 bridgehead atoms. The molecule has 1 aromatic rings. The van der Waals surface area contributed by atoms with E-state index < -0.39 is 39.0 Å². The van der Waals surface area contributed by atoms with E-state index in [1.54, 1.807) is 20.8 Å². The Labute approximate surface area is 152 Å². The SMILES string of the molecule is CC(C)(C)SN[C@](C)(c1cc(Br)c(F)cc1F)C(F)(F)C(C)(C)O. The molecule has 0 fully saturated rings. The summed E-state index contributed by atoms with van der Waals surface area (Å²) in [6, 6.07) is 1.52. The van der Waals surface area contributed by atoms with Gasteiger partial charge in [0.2, 0.25) is 0 Å². The molecule has 0 amide bonds. The highest BCUT2D eigenvalue weighted by Crippen LogP contribution is 2.47. The molecule has 24 heavy (non-hydrogen) atoms. The zero-order valence-electron chi connectivity index (χ0n) is 14.4. The van der Waals surface area contributed by atoms with E-state index in [2.05, 4.69) is 20.7 Å². The molecular weight excluding hydrogens is 410 g/mol. The van der Waals surface area contributed by atoms with Crippen LogP contribution < -0.4 is 4.72 Å². The highest BCUT2D eigenvalue weighted by atomic mass is 79.9. The third kappa shape index (κ3) is 4.26. The van der Waals surface area contributed by atoms with Gasteiger partial charge in [0.1, 0.15) is 22.8 Å². The van der Waals surface area contributed by atoms with Crippen LogP contribution in [0.3, 0.4) is 0 Å². The van der Waals surface area contributed by atoms with E-state index in [9.17, 15) is 13.9 Å². The molecule has 1 atom stereocenters. The summed E-state index contributed by atoms with van der Waals surface area (Å²) in [5, 5.41) is 9.98. The van der Waals surface area contributed by atoms with E-state index in [0.29, 0.717) is 6.07 Å². The molecule has 1 aromatic carbocycles. The van der Waals surface area contributed by atoms with Crippen LogP contribution >= 0.6 is 27.9 Å². The topological polar surface area (TPSA) is 32.3 Å². The summed E-state index contributed by atoms with van der Waals surface area (Å²) in [4.78, 5) is 0. The molecule has 0 aliphatic heterocycles. The van der Waals surface area contributed by atoms with Gasteiger partial charge >= 0.3 is 0 Å². The normalized spacial score (nSPS) is 16.2. The van der Waals surface area contributed by atoms with Gasteiger partial charge < -0.3 is 5.11 Å². The molecule has 0 aliphatic rings. The molecule has 0 aliphatic carbocycles. The molecule has 8 heteroatoms. The van der Waals surface area contributed by atoms with Crippen LogP contribution in [0.5, 0.6) is 0 Å². The van der Waals surface area contributed by atoms with E-state index in [0.717, 1.165) is 38.8 Å². The Bertz CT molecular complexity index is 613. The van der Waals surface area contributed by atoms with Gasteiger partial charge in [-0.05, 0) is 63.5 Å². The van der Waals surface area contributed by atoms with Gasteiger partial charge in [0.25, 0.3) is 5.92 Å². The minimum absolute atomic E-state index is 0.140. The van der Waals surface area contributed by atoms with Crippen molar-refractivity contribution >= 4 is 27.9 Å². The van der Waals surface area contributed by atoms with Crippen LogP contribution in [0.15, 0.2) is 16.6 Å². The number of alkyl halides is 2. The summed E-state index contributed by atoms with van der Waals surface area (Å²) in [5.41, 5.74) is -5.18. The van der Waals surface area contributed by atoms with Crippen molar-refractivity contribution < 1.29 is 22.7 Å². The van der Waals surface area contributed by atoms with Gasteiger partial charge in [-0.1, -0.05) is 11.9 Å². The Morgan fingerprint density at radius 2 is 1.50 bits per heavy atom. The summed E-state index contributed by atoms with van der Waals surface area (Å²) >= 11 is 3.88. The minimum Gasteiger partial charge on any atom is -0.384 e. The molecule has 0 radical (unpaired) electrons. The number of halogens is 5. The van der Waals surface area contributed by atoms with E-state index in [1.165, 1.54) is 0 Å². The Morgan fingerprint density at radius 3 is 1.92 bits per heavy atom. The smallest absolute Gasteiger partial charge is 0.297 e. The molecule has 1 rings (SSSR count). The molecule has 138 valence electrons. The summed E-state index contributed by atoms with van der Waals surface area (Å²) in [6.45, 7) is 8.38. The molecule has 0 unspecified atom stereocenters. The first kappa shape index (κ1) is 21.7. The Balaban J connectivity index is 3.58. The predicted molar refractivity (Wildman–Crippen MR) is 93.1 cm³/mol. The molecule has 0 spiro atoms. The van der Waals surface area contributed by atoms with Crippen molar-refractivity contribution in [2.45, 2.75) is 63.4 Å². The van der Waals surface area contributed by atoms with Gasteiger partial charge in [-0.15, -0.1) is 0 Å². The van der Waals surface area contributed by atoms with E-state index >= 15 is 8.78 Å². The molecule has 2 nitrogen and oxygen atoms in total. The number of nitrogens with one attached hydrogen (secondary N) is 1. The fraction of sp³-hybridized carbons (Fsp3) is 0.625. The molecule has 2 N–H and O–H groups in total. The maximum Gasteiger partial charge on any atom is 0.297 e. The van der Waals surface area contributed by atoms with Crippen molar-refractivity contribution in [1.82, 2.24) is 4.72 Å². The van der Waals surface area contributed by atoms with Crippen molar-refractivity contribution in [2.24, 2.45) is 0 Å². The van der Waals surface area contributed by atoms with Crippen LogP contribution in [0, 0.1) is 11.6 Å². The van der Waals surface area contributed by atoms with Crippen LogP contribution in [-0.2, 0) is 5.54 Å². The lowest BCUT2D eigenvalue weighted by molar-refractivity contribution is -0.205. The van der Waals surface area contributed by atoms with Crippen LogP contribution in [0.2, 0.25) is 0 Å². The van der Waals surface area contributed by atoms with Gasteiger partial charge in [0.15, 0.2) is 0 Å².